The minimum Gasteiger partial charge on any atom is -0.360 e. The number of thiophene rings is 1. The van der Waals surface area contributed by atoms with Crippen molar-refractivity contribution in [2.75, 3.05) is 26.2 Å². The second kappa shape index (κ2) is 7.15. The maximum absolute atomic E-state index is 13.1. The van der Waals surface area contributed by atoms with Crippen LogP contribution in [0.25, 0.3) is 15.3 Å². The van der Waals surface area contributed by atoms with Crippen LogP contribution in [0.2, 0.25) is 0 Å². The number of aryl methyl sites for hydroxylation is 2. The van der Waals surface area contributed by atoms with E-state index < -0.39 is 10.0 Å². The molecular weight excluding hydrogens is 446 g/mol. The largest absolute Gasteiger partial charge is 0.360 e. The smallest absolute Gasteiger partial charge is 0.264 e. The zero-order valence-corrected chi connectivity index (χ0v) is 18.8. The Kier molecular flexibility index (Phi) is 4.69. The lowest BCUT2D eigenvalue weighted by atomic mass is 10.3. The number of amides is 1. The number of nitrogens with zero attached hydrogens (tertiary/aromatic N) is 5. The van der Waals surface area contributed by atoms with Gasteiger partial charge in [0.25, 0.3) is 5.91 Å². The van der Waals surface area contributed by atoms with Crippen molar-refractivity contribution < 1.29 is 17.7 Å². The van der Waals surface area contributed by atoms with Gasteiger partial charge in [-0.25, -0.2) is 13.4 Å². The van der Waals surface area contributed by atoms with Gasteiger partial charge in [-0.1, -0.05) is 5.16 Å². The SMILES string of the molecule is Cc1noc(C)c1S(=O)(=O)N1CCCN(C(=O)c2cc3c(nc4sccn43)s2)CC1. The number of thiazole rings is 1. The number of imidazole rings is 1. The van der Waals surface area contributed by atoms with Crippen LogP contribution >= 0.6 is 22.7 Å². The summed E-state index contributed by atoms with van der Waals surface area (Å²) in [6.45, 7) is 4.63. The third-order valence-corrected chi connectivity index (χ3v) is 9.16. The van der Waals surface area contributed by atoms with Crippen molar-refractivity contribution in [1.82, 2.24) is 23.7 Å². The lowest BCUT2D eigenvalue weighted by molar-refractivity contribution is 0.0769. The monoisotopic (exact) mass is 465 g/mol. The van der Waals surface area contributed by atoms with Gasteiger partial charge in [0, 0.05) is 37.8 Å². The average Bonchev–Trinajstić information content (AvgIpc) is 3.40. The van der Waals surface area contributed by atoms with Gasteiger partial charge < -0.3 is 9.42 Å². The predicted octanol–water partition coefficient (Wildman–Crippen LogP) is 2.75. The Labute approximate surface area is 180 Å². The molecule has 4 aromatic rings. The standard InChI is InChI=1S/C18H19N5O4S3/c1-11-15(12(2)27-20-11)30(25,26)22-5-3-4-21(6-7-22)17(24)14-10-13-16(29-14)19-18-23(13)8-9-28-18/h8-10H,3-7H2,1-2H3. The van der Waals surface area contributed by atoms with E-state index in [1.807, 2.05) is 22.0 Å². The van der Waals surface area contributed by atoms with E-state index in [4.69, 9.17) is 4.52 Å². The van der Waals surface area contributed by atoms with E-state index in [9.17, 15) is 13.2 Å². The first kappa shape index (κ1) is 19.7. The maximum atomic E-state index is 13.1. The first-order valence-corrected chi connectivity index (χ1v) is 12.6. The summed E-state index contributed by atoms with van der Waals surface area (Å²) in [7, 11) is -3.72. The van der Waals surface area contributed by atoms with Gasteiger partial charge >= 0.3 is 0 Å². The molecule has 0 unspecified atom stereocenters. The summed E-state index contributed by atoms with van der Waals surface area (Å²) in [6.07, 6.45) is 2.51. The van der Waals surface area contributed by atoms with Gasteiger partial charge in [-0.05, 0) is 26.3 Å². The Bertz CT molecular complexity index is 1340. The molecule has 0 aliphatic carbocycles. The second-order valence-corrected chi connectivity index (χ2v) is 11.0. The summed E-state index contributed by atoms with van der Waals surface area (Å²) in [5.74, 6) is 0.199. The normalized spacial score (nSPS) is 16.5. The molecular formula is C18H19N5O4S3. The van der Waals surface area contributed by atoms with Gasteiger partial charge in [-0.3, -0.25) is 9.20 Å². The van der Waals surface area contributed by atoms with Gasteiger partial charge in [0.2, 0.25) is 10.0 Å². The van der Waals surface area contributed by atoms with Gasteiger partial charge in [-0.2, -0.15) is 4.31 Å². The fourth-order valence-corrected chi connectivity index (χ4v) is 7.35. The van der Waals surface area contributed by atoms with Gasteiger partial charge in [-0.15, -0.1) is 22.7 Å². The Balaban J connectivity index is 1.36. The zero-order chi connectivity index (χ0) is 21.0. The van der Waals surface area contributed by atoms with Crippen LogP contribution in [0.4, 0.5) is 0 Å². The fraction of sp³-hybridized carbons (Fsp3) is 0.389. The maximum Gasteiger partial charge on any atom is 0.264 e. The number of carbonyl (C=O) groups excluding carboxylic acids is 1. The highest BCUT2D eigenvalue weighted by molar-refractivity contribution is 7.89. The van der Waals surface area contributed by atoms with Crippen molar-refractivity contribution in [2.45, 2.75) is 25.2 Å². The lowest BCUT2D eigenvalue weighted by Gasteiger charge is -2.21. The molecule has 12 heteroatoms. The van der Waals surface area contributed by atoms with Crippen LogP contribution in [0.5, 0.6) is 0 Å². The number of rotatable bonds is 3. The van der Waals surface area contributed by atoms with E-state index >= 15 is 0 Å². The molecule has 0 atom stereocenters. The van der Waals surface area contributed by atoms with Crippen LogP contribution in [-0.4, -0.2) is 64.3 Å². The third kappa shape index (κ3) is 3.06. The Morgan fingerprint density at radius 2 is 2.03 bits per heavy atom. The highest BCUT2D eigenvalue weighted by atomic mass is 32.2. The molecule has 1 fully saturated rings. The summed E-state index contributed by atoms with van der Waals surface area (Å²) >= 11 is 2.93. The summed E-state index contributed by atoms with van der Waals surface area (Å²) < 4.78 is 34.6. The topological polar surface area (TPSA) is 101 Å². The first-order valence-electron chi connectivity index (χ1n) is 9.43. The Hall–Kier alpha value is -2.28. The molecule has 0 saturated carbocycles. The van der Waals surface area contributed by atoms with Crippen molar-refractivity contribution >= 4 is 53.9 Å². The molecule has 5 rings (SSSR count). The van der Waals surface area contributed by atoms with Crippen LogP contribution in [0.15, 0.2) is 27.1 Å². The molecule has 1 aliphatic rings. The number of carbonyl (C=O) groups is 1. The number of fused-ring (bicyclic) bond motifs is 3. The van der Waals surface area contributed by atoms with E-state index in [1.54, 1.807) is 30.1 Å². The number of hydrogen-bond acceptors (Lipinski definition) is 8. The van der Waals surface area contributed by atoms with E-state index in [-0.39, 0.29) is 23.1 Å². The fourth-order valence-electron chi connectivity index (χ4n) is 3.82. The van der Waals surface area contributed by atoms with Crippen LogP contribution in [-0.2, 0) is 10.0 Å². The molecule has 0 spiro atoms. The van der Waals surface area contributed by atoms with Crippen LogP contribution in [0.1, 0.15) is 27.5 Å². The molecule has 1 aliphatic heterocycles. The Morgan fingerprint density at radius 3 is 2.80 bits per heavy atom. The minimum absolute atomic E-state index is 0.0847. The van der Waals surface area contributed by atoms with E-state index in [2.05, 4.69) is 10.1 Å². The van der Waals surface area contributed by atoms with Crippen molar-refractivity contribution in [3.05, 3.63) is 34.0 Å². The predicted molar refractivity (Wildman–Crippen MR) is 114 cm³/mol. The lowest BCUT2D eigenvalue weighted by Crippen LogP contribution is -2.37. The molecule has 4 aromatic heterocycles. The van der Waals surface area contributed by atoms with Crippen LogP contribution in [0.3, 0.4) is 0 Å². The highest BCUT2D eigenvalue weighted by Gasteiger charge is 2.33. The number of hydrogen-bond donors (Lipinski definition) is 0. The summed E-state index contributed by atoms with van der Waals surface area (Å²) in [5, 5.41) is 5.73. The van der Waals surface area contributed by atoms with Crippen molar-refractivity contribution in [1.29, 1.82) is 0 Å². The summed E-state index contributed by atoms with van der Waals surface area (Å²) in [5.41, 5.74) is 1.28. The molecule has 158 valence electrons. The summed E-state index contributed by atoms with van der Waals surface area (Å²) in [4.78, 5) is 21.9. The minimum atomic E-state index is -3.72. The number of aromatic nitrogens is 3. The zero-order valence-electron chi connectivity index (χ0n) is 16.4. The van der Waals surface area contributed by atoms with E-state index in [0.717, 1.165) is 15.3 Å². The second-order valence-electron chi connectivity index (χ2n) is 7.17. The molecule has 1 saturated heterocycles. The molecule has 1 amide bonds. The van der Waals surface area contributed by atoms with Crippen molar-refractivity contribution in [3.63, 3.8) is 0 Å². The molecule has 0 radical (unpaired) electrons. The van der Waals surface area contributed by atoms with Crippen LogP contribution in [0, 0.1) is 13.8 Å². The molecule has 0 aromatic carbocycles. The third-order valence-electron chi connectivity index (χ3n) is 5.26. The average molecular weight is 466 g/mol. The van der Waals surface area contributed by atoms with Gasteiger partial charge in [0.15, 0.2) is 10.7 Å². The molecule has 9 nitrogen and oxygen atoms in total. The van der Waals surface area contributed by atoms with Crippen LogP contribution < -0.4 is 0 Å². The first-order chi connectivity index (χ1) is 14.4. The van der Waals surface area contributed by atoms with E-state index in [1.165, 1.54) is 15.6 Å². The van der Waals surface area contributed by atoms with Gasteiger partial charge in [0.1, 0.15) is 15.4 Å². The Morgan fingerprint density at radius 1 is 1.20 bits per heavy atom. The quantitative estimate of drug-likeness (QED) is 0.461. The summed E-state index contributed by atoms with van der Waals surface area (Å²) in [6, 6.07) is 1.87. The van der Waals surface area contributed by atoms with E-state index in [0.29, 0.717) is 36.6 Å². The highest BCUT2D eigenvalue weighted by Crippen LogP contribution is 2.30. The molecule has 30 heavy (non-hydrogen) atoms. The molecule has 0 N–H and O–H groups in total. The molecule has 5 heterocycles. The number of sulfonamides is 1. The molecule has 0 bridgehead atoms. The van der Waals surface area contributed by atoms with Crippen molar-refractivity contribution in [3.8, 4) is 0 Å². The van der Waals surface area contributed by atoms with Gasteiger partial charge in [0.05, 0.1) is 10.4 Å². The van der Waals surface area contributed by atoms with Crippen molar-refractivity contribution in [2.24, 2.45) is 0 Å².